The fraction of sp³-hybridized carbons (Fsp3) is 0.583. The Balaban J connectivity index is 2.41. The summed E-state index contributed by atoms with van der Waals surface area (Å²) < 4.78 is 10.6. The van der Waals surface area contributed by atoms with E-state index in [9.17, 15) is 0 Å². The molecule has 0 fully saturated rings. The summed E-state index contributed by atoms with van der Waals surface area (Å²) >= 11 is 5.80. The van der Waals surface area contributed by atoms with Gasteiger partial charge in [-0.15, -0.1) is 11.6 Å². The van der Waals surface area contributed by atoms with Crippen LogP contribution < -0.4 is 4.74 Å². The maximum Gasteiger partial charge on any atom is 0.142 e. The number of aryl methyl sites for hydroxylation is 1. The minimum absolute atomic E-state index is 0.384. The number of rotatable bonds is 7. The highest BCUT2D eigenvalue weighted by atomic mass is 35.5. The number of hydrogen-bond donors (Lipinski definition) is 0. The van der Waals surface area contributed by atoms with E-state index in [2.05, 4.69) is 4.98 Å². The Labute approximate surface area is 102 Å². The van der Waals surface area contributed by atoms with Crippen molar-refractivity contribution < 1.29 is 9.47 Å². The standard InChI is InChI=1S/C12H18ClNO2/c1-10-5-6-12(11(9-13)14-10)16-8-4-3-7-15-2/h5-6H,3-4,7-9H2,1-2H3. The molecule has 16 heavy (non-hydrogen) atoms. The zero-order valence-electron chi connectivity index (χ0n) is 9.83. The Hall–Kier alpha value is -0.800. The molecule has 4 heteroatoms. The van der Waals surface area contributed by atoms with Crippen molar-refractivity contribution in [2.24, 2.45) is 0 Å². The molecule has 0 saturated carbocycles. The maximum atomic E-state index is 5.80. The number of alkyl halides is 1. The van der Waals surface area contributed by atoms with E-state index >= 15 is 0 Å². The van der Waals surface area contributed by atoms with Gasteiger partial charge in [-0.25, -0.2) is 0 Å². The minimum Gasteiger partial charge on any atom is -0.492 e. The molecular weight excluding hydrogens is 226 g/mol. The van der Waals surface area contributed by atoms with Crippen LogP contribution in [0.1, 0.15) is 24.2 Å². The van der Waals surface area contributed by atoms with Crippen LogP contribution in [0, 0.1) is 6.92 Å². The van der Waals surface area contributed by atoms with E-state index in [1.807, 2.05) is 19.1 Å². The van der Waals surface area contributed by atoms with E-state index < -0.39 is 0 Å². The predicted molar refractivity (Wildman–Crippen MR) is 65.1 cm³/mol. The Bertz CT molecular complexity index is 318. The van der Waals surface area contributed by atoms with Gasteiger partial charge in [0.1, 0.15) is 5.75 Å². The highest BCUT2D eigenvalue weighted by Gasteiger charge is 2.04. The Kier molecular flexibility index (Phi) is 6.19. The van der Waals surface area contributed by atoms with Crippen molar-refractivity contribution in [3.05, 3.63) is 23.5 Å². The van der Waals surface area contributed by atoms with Gasteiger partial charge in [0, 0.05) is 19.4 Å². The number of nitrogens with zero attached hydrogens (tertiary/aromatic N) is 1. The Morgan fingerprint density at radius 3 is 2.69 bits per heavy atom. The molecule has 0 aliphatic carbocycles. The highest BCUT2D eigenvalue weighted by molar-refractivity contribution is 6.17. The lowest BCUT2D eigenvalue weighted by Crippen LogP contribution is -2.03. The van der Waals surface area contributed by atoms with Crippen molar-refractivity contribution >= 4 is 11.6 Å². The number of methoxy groups -OCH3 is 1. The molecule has 0 aliphatic heterocycles. The van der Waals surface area contributed by atoms with Gasteiger partial charge in [0.15, 0.2) is 0 Å². The lowest BCUT2D eigenvalue weighted by molar-refractivity contribution is 0.184. The average Bonchev–Trinajstić information content (AvgIpc) is 2.30. The van der Waals surface area contributed by atoms with Gasteiger partial charge in [0.05, 0.1) is 18.2 Å². The van der Waals surface area contributed by atoms with Gasteiger partial charge in [-0.1, -0.05) is 0 Å². The topological polar surface area (TPSA) is 31.4 Å². The average molecular weight is 244 g/mol. The van der Waals surface area contributed by atoms with Crippen molar-refractivity contribution in [3.63, 3.8) is 0 Å². The molecule has 0 saturated heterocycles. The summed E-state index contributed by atoms with van der Waals surface area (Å²) in [4.78, 5) is 4.33. The van der Waals surface area contributed by atoms with Crippen LogP contribution in [-0.2, 0) is 10.6 Å². The third-order valence-corrected chi connectivity index (χ3v) is 2.45. The van der Waals surface area contributed by atoms with E-state index in [1.165, 1.54) is 0 Å². The van der Waals surface area contributed by atoms with Crippen molar-refractivity contribution in [1.29, 1.82) is 0 Å². The van der Waals surface area contributed by atoms with Gasteiger partial charge in [-0.05, 0) is 31.9 Å². The van der Waals surface area contributed by atoms with Gasteiger partial charge in [0.25, 0.3) is 0 Å². The van der Waals surface area contributed by atoms with Crippen LogP contribution in [0.25, 0.3) is 0 Å². The Morgan fingerprint density at radius 2 is 2.00 bits per heavy atom. The number of halogens is 1. The van der Waals surface area contributed by atoms with Gasteiger partial charge in [-0.3, -0.25) is 4.98 Å². The molecule has 3 nitrogen and oxygen atoms in total. The van der Waals surface area contributed by atoms with Crippen molar-refractivity contribution in [2.75, 3.05) is 20.3 Å². The minimum atomic E-state index is 0.384. The monoisotopic (exact) mass is 243 g/mol. The number of unbranched alkanes of at least 4 members (excludes halogenated alkanes) is 1. The first-order valence-corrected chi connectivity index (χ1v) is 5.95. The maximum absolute atomic E-state index is 5.80. The molecule has 0 aliphatic rings. The summed E-state index contributed by atoms with van der Waals surface area (Å²) in [5, 5.41) is 0. The Morgan fingerprint density at radius 1 is 1.25 bits per heavy atom. The summed E-state index contributed by atoms with van der Waals surface area (Å²) in [5.74, 6) is 1.17. The fourth-order valence-electron chi connectivity index (χ4n) is 1.36. The van der Waals surface area contributed by atoms with Crippen LogP contribution in [0.4, 0.5) is 0 Å². The van der Waals surface area contributed by atoms with Crippen LogP contribution in [0.15, 0.2) is 12.1 Å². The van der Waals surface area contributed by atoms with Crippen LogP contribution in [0.3, 0.4) is 0 Å². The molecule has 90 valence electrons. The van der Waals surface area contributed by atoms with Crippen molar-refractivity contribution in [1.82, 2.24) is 4.98 Å². The first-order chi connectivity index (χ1) is 7.77. The number of hydrogen-bond acceptors (Lipinski definition) is 3. The second-order valence-corrected chi connectivity index (χ2v) is 3.85. The van der Waals surface area contributed by atoms with Crippen LogP contribution in [0.5, 0.6) is 5.75 Å². The first kappa shape index (κ1) is 13.3. The van der Waals surface area contributed by atoms with E-state index in [0.717, 1.165) is 36.6 Å². The third-order valence-electron chi connectivity index (χ3n) is 2.20. The number of ether oxygens (including phenoxy) is 2. The zero-order valence-corrected chi connectivity index (χ0v) is 10.6. The van der Waals surface area contributed by atoms with E-state index in [1.54, 1.807) is 7.11 Å². The molecule has 1 rings (SSSR count). The van der Waals surface area contributed by atoms with Crippen LogP contribution in [-0.4, -0.2) is 25.3 Å². The summed E-state index contributed by atoms with van der Waals surface area (Å²) in [5.41, 5.74) is 1.77. The molecule has 0 N–H and O–H groups in total. The summed E-state index contributed by atoms with van der Waals surface area (Å²) in [6.07, 6.45) is 1.98. The quantitative estimate of drug-likeness (QED) is 0.545. The number of aromatic nitrogens is 1. The summed E-state index contributed by atoms with van der Waals surface area (Å²) in [6.45, 7) is 3.40. The lowest BCUT2D eigenvalue weighted by Gasteiger charge is -2.09. The summed E-state index contributed by atoms with van der Waals surface area (Å²) in [6, 6.07) is 3.86. The molecule has 0 unspecified atom stereocenters. The molecule has 0 aromatic carbocycles. The van der Waals surface area contributed by atoms with E-state index in [0.29, 0.717) is 12.5 Å². The molecule has 0 spiro atoms. The molecule has 0 amide bonds. The van der Waals surface area contributed by atoms with Gasteiger partial charge >= 0.3 is 0 Å². The SMILES string of the molecule is COCCCCOc1ccc(C)nc1CCl. The van der Waals surface area contributed by atoms with Gasteiger partial charge in [0.2, 0.25) is 0 Å². The lowest BCUT2D eigenvalue weighted by atomic mass is 10.3. The second kappa shape index (κ2) is 7.47. The van der Waals surface area contributed by atoms with Gasteiger partial charge in [-0.2, -0.15) is 0 Å². The zero-order chi connectivity index (χ0) is 11.8. The van der Waals surface area contributed by atoms with E-state index in [-0.39, 0.29) is 0 Å². The molecule has 0 radical (unpaired) electrons. The molecule has 1 aromatic heterocycles. The summed E-state index contributed by atoms with van der Waals surface area (Å²) in [7, 11) is 1.70. The fourth-order valence-corrected chi connectivity index (χ4v) is 1.55. The van der Waals surface area contributed by atoms with E-state index in [4.69, 9.17) is 21.1 Å². The molecule has 1 heterocycles. The largest absolute Gasteiger partial charge is 0.492 e. The van der Waals surface area contributed by atoms with Crippen LogP contribution >= 0.6 is 11.6 Å². The normalized spacial score (nSPS) is 10.4. The molecule has 0 atom stereocenters. The first-order valence-electron chi connectivity index (χ1n) is 5.42. The van der Waals surface area contributed by atoms with Crippen molar-refractivity contribution in [3.8, 4) is 5.75 Å². The highest BCUT2D eigenvalue weighted by Crippen LogP contribution is 2.18. The van der Waals surface area contributed by atoms with Crippen molar-refractivity contribution in [2.45, 2.75) is 25.6 Å². The molecule has 1 aromatic rings. The number of pyridine rings is 1. The second-order valence-electron chi connectivity index (χ2n) is 3.58. The smallest absolute Gasteiger partial charge is 0.142 e. The molecular formula is C12H18ClNO2. The third kappa shape index (κ3) is 4.37. The van der Waals surface area contributed by atoms with Gasteiger partial charge < -0.3 is 9.47 Å². The predicted octanol–water partition coefficient (Wildman–Crippen LogP) is 2.93. The van der Waals surface area contributed by atoms with Crippen LogP contribution in [0.2, 0.25) is 0 Å². The molecule has 0 bridgehead atoms.